The van der Waals surface area contributed by atoms with Crippen molar-refractivity contribution in [3.63, 3.8) is 0 Å². The number of oxime groups is 1. The van der Waals surface area contributed by atoms with Crippen LogP contribution in [-0.4, -0.2) is 83.6 Å². The first kappa shape index (κ1) is 49.2. The fraction of sp³-hybridized carbons (Fsp3) is 0.564. The molecule has 3 aromatic rings. The number of halogens is 1. The van der Waals surface area contributed by atoms with E-state index in [-0.39, 0.29) is 62.3 Å². The summed E-state index contributed by atoms with van der Waals surface area (Å²) in [6.45, 7) is 5.81. The van der Waals surface area contributed by atoms with Crippen molar-refractivity contribution in [1.29, 1.82) is 0 Å². The van der Waals surface area contributed by atoms with Gasteiger partial charge in [0, 0.05) is 61.2 Å². The molecule has 12 heteroatoms. The number of carbonyl (C=O) groups is 1. The predicted octanol–water partition coefficient (Wildman–Crippen LogP) is 11.2. The highest BCUT2D eigenvalue weighted by atomic mass is 32.2. The smallest absolute Gasteiger partial charge is 0.239 e. The normalized spacial score (nSPS) is 26.3. The standard InChI is InChI=1S/C55H71FN2O8S/c1-2-31-64-55-50(58(38-40-21-24-42(56)25-22-40)51(61)28-23-39-14-6-7-15-39)37-48(57-66-52-20-10-13-32-63-52)46-35-41(16-8-11-29-59)45(19-9-12-30-60)53(54(46)55)47-36-43(26-27-49(47)65-55)62-33-34-67-44-17-4-3-5-18-44/h2-5,17-18,21-22,24-27,35-36,39,41,45,50,52-54,59-60H,1,6-16,19-20,23,28-34,37-38H2/t41-,45+,50-,52?,53+,54+,55+/m0/s1. The molecule has 5 aliphatic rings. The maximum Gasteiger partial charge on any atom is 0.239 e. The molecule has 0 bridgehead atoms. The zero-order chi connectivity index (χ0) is 46.4. The van der Waals surface area contributed by atoms with E-state index in [9.17, 15) is 14.6 Å². The van der Waals surface area contributed by atoms with Gasteiger partial charge in [0.1, 0.15) is 23.4 Å². The molecule has 1 saturated heterocycles. The first-order valence-electron chi connectivity index (χ1n) is 25.1. The van der Waals surface area contributed by atoms with Gasteiger partial charge < -0.3 is 38.9 Å². The first-order valence-corrected chi connectivity index (χ1v) is 26.1. The fourth-order valence-corrected chi connectivity index (χ4v) is 12.2. The fourth-order valence-electron chi connectivity index (χ4n) is 11.4. The largest absolute Gasteiger partial charge is 0.493 e. The zero-order valence-electron chi connectivity index (χ0n) is 39.1. The summed E-state index contributed by atoms with van der Waals surface area (Å²) < 4.78 is 41.8. The number of allylic oxidation sites excluding steroid dienone is 1. The van der Waals surface area contributed by atoms with Crippen LogP contribution < -0.4 is 9.47 Å². The van der Waals surface area contributed by atoms with Crippen LogP contribution in [0.4, 0.5) is 4.39 Å². The van der Waals surface area contributed by atoms with Crippen LogP contribution in [0.1, 0.15) is 120 Å². The predicted molar refractivity (Wildman–Crippen MR) is 260 cm³/mol. The quantitative estimate of drug-likeness (QED) is 0.0392. The molecule has 0 spiro atoms. The number of fused-ring (bicyclic) bond motifs is 2. The average Bonchev–Trinajstić information content (AvgIpc) is 3.89. The maximum atomic E-state index is 15.2. The molecule has 10 nitrogen and oxygen atoms in total. The monoisotopic (exact) mass is 938 g/mol. The van der Waals surface area contributed by atoms with Crippen LogP contribution in [0.5, 0.6) is 11.5 Å². The number of aliphatic hydroxyl groups is 2. The molecule has 2 N–H and O–H groups in total. The molecule has 3 fully saturated rings. The molecule has 8 rings (SSSR count). The molecule has 0 aromatic heterocycles. The molecule has 67 heavy (non-hydrogen) atoms. The van der Waals surface area contributed by atoms with E-state index in [4.69, 9.17) is 28.9 Å². The molecule has 1 amide bonds. The summed E-state index contributed by atoms with van der Waals surface area (Å²) >= 11 is 1.75. The van der Waals surface area contributed by atoms with Crippen molar-refractivity contribution in [1.82, 2.24) is 4.90 Å². The summed E-state index contributed by atoms with van der Waals surface area (Å²) in [7, 11) is 0. The Balaban J connectivity index is 1.27. The van der Waals surface area contributed by atoms with Gasteiger partial charge in [-0.25, -0.2) is 4.39 Å². The number of benzene rings is 3. The second-order valence-corrected chi connectivity index (χ2v) is 20.2. The SMILES string of the molecule is C=CCO[C@@]12Oc3ccc(OCCSc4ccccc4)cc3[C@H]3[C@H](CCCCO)[C@@H](CCCCO)C=C(C(=NOC4CCCCO4)C[C@@H]1N(Cc1ccc(F)cc1)C(=O)CCC1CCCC1)[C@H]32. The Hall–Kier alpha value is -4.20. The lowest BCUT2D eigenvalue weighted by Crippen LogP contribution is -2.70. The van der Waals surface area contributed by atoms with Crippen LogP contribution in [0.3, 0.4) is 0 Å². The van der Waals surface area contributed by atoms with Crippen LogP contribution in [0.2, 0.25) is 0 Å². The third-order valence-corrected chi connectivity index (χ3v) is 15.6. The second-order valence-electron chi connectivity index (χ2n) is 19.0. The van der Waals surface area contributed by atoms with Gasteiger partial charge in [-0.2, -0.15) is 0 Å². The molecule has 2 saturated carbocycles. The molecule has 7 atom stereocenters. The third-order valence-electron chi connectivity index (χ3n) is 14.6. The summed E-state index contributed by atoms with van der Waals surface area (Å²) in [6, 6.07) is 22.2. The van der Waals surface area contributed by atoms with E-state index in [1.807, 2.05) is 35.2 Å². The molecule has 3 aromatic carbocycles. The van der Waals surface area contributed by atoms with Gasteiger partial charge in [-0.1, -0.05) is 86.2 Å². The van der Waals surface area contributed by atoms with E-state index < -0.39 is 24.0 Å². The van der Waals surface area contributed by atoms with Crippen LogP contribution in [0.25, 0.3) is 0 Å². The number of nitrogens with zero attached hydrogens (tertiary/aromatic N) is 2. The van der Waals surface area contributed by atoms with Gasteiger partial charge in [-0.15, -0.1) is 18.3 Å². The van der Waals surface area contributed by atoms with Gasteiger partial charge >= 0.3 is 0 Å². The molecule has 0 radical (unpaired) electrons. The average molecular weight is 939 g/mol. The van der Waals surface area contributed by atoms with Gasteiger partial charge in [0.15, 0.2) is 0 Å². The number of amides is 1. The van der Waals surface area contributed by atoms with Crippen LogP contribution in [0, 0.1) is 29.5 Å². The van der Waals surface area contributed by atoms with E-state index in [0.717, 1.165) is 98.1 Å². The van der Waals surface area contributed by atoms with Crippen LogP contribution in [0.15, 0.2) is 107 Å². The van der Waals surface area contributed by atoms with Crippen molar-refractivity contribution in [2.45, 2.75) is 138 Å². The Morgan fingerprint density at radius 1 is 0.940 bits per heavy atom. The Labute approximate surface area is 401 Å². The minimum atomic E-state index is -1.40. The Kier molecular flexibility index (Phi) is 17.9. The summed E-state index contributed by atoms with van der Waals surface area (Å²) in [4.78, 5) is 24.7. The van der Waals surface area contributed by atoms with Crippen LogP contribution in [-0.2, 0) is 25.7 Å². The van der Waals surface area contributed by atoms with Gasteiger partial charge in [0.2, 0.25) is 18.0 Å². The number of rotatable bonds is 24. The second kappa shape index (κ2) is 24.4. The molecule has 2 aliphatic heterocycles. The lowest BCUT2D eigenvalue weighted by molar-refractivity contribution is -0.258. The van der Waals surface area contributed by atoms with Gasteiger partial charge in [0.05, 0.1) is 31.5 Å². The van der Waals surface area contributed by atoms with E-state index in [2.05, 4.69) is 30.9 Å². The molecule has 362 valence electrons. The summed E-state index contributed by atoms with van der Waals surface area (Å²) in [5.41, 5.74) is 3.52. The number of aliphatic hydroxyl groups excluding tert-OH is 2. The molecule has 1 unspecified atom stereocenters. The van der Waals surface area contributed by atoms with Crippen LogP contribution >= 0.6 is 11.8 Å². The van der Waals surface area contributed by atoms with Crippen molar-refractivity contribution >= 4 is 23.4 Å². The number of unbranched alkanes of at least 4 members (excludes halogenated alkanes) is 2. The molecular weight excluding hydrogens is 868 g/mol. The van der Waals surface area contributed by atoms with Gasteiger partial charge in [-0.05, 0) is 116 Å². The van der Waals surface area contributed by atoms with Crippen molar-refractivity contribution < 1.29 is 43.2 Å². The molecule has 2 heterocycles. The highest BCUT2D eigenvalue weighted by molar-refractivity contribution is 7.99. The topological polar surface area (TPSA) is 119 Å². The van der Waals surface area contributed by atoms with Gasteiger partial charge in [0.25, 0.3) is 0 Å². The number of hydrogen-bond donors (Lipinski definition) is 2. The van der Waals surface area contributed by atoms with Gasteiger partial charge in [-0.3, -0.25) is 4.79 Å². The van der Waals surface area contributed by atoms with Crippen molar-refractivity contribution in [3.8, 4) is 11.5 Å². The first-order chi connectivity index (χ1) is 32.9. The lowest BCUT2D eigenvalue weighted by atomic mass is 9.55. The van der Waals surface area contributed by atoms with Crippen molar-refractivity contribution in [2.75, 3.05) is 38.8 Å². The molecule has 3 aliphatic carbocycles. The highest BCUT2D eigenvalue weighted by Gasteiger charge is 2.65. The lowest BCUT2D eigenvalue weighted by Gasteiger charge is -2.60. The summed E-state index contributed by atoms with van der Waals surface area (Å²) in [5.74, 6) is 0.472. The number of ether oxygens (including phenoxy) is 4. The number of hydrogen-bond acceptors (Lipinski definition) is 10. The zero-order valence-corrected chi connectivity index (χ0v) is 39.9. The maximum absolute atomic E-state index is 15.2. The Morgan fingerprint density at radius 2 is 1.72 bits per heavy atom. The Morgan fingerprint density at radius 3 is 2.46 bits per heavy atom. The van der Waals surface area contributed by atoms with E-state index >= 15 is 4.79 Å². The van der Waals surface area contributed by atoms with Crippen molar-refractivity contribution in [2.24, 2.45) is 28.8 Å². The van der Waals surface area contributed by atoms with Crippen molar-refractivity contribution in [3.05, 3.63) is 114 Å². The number of thioether (sulfide) groups is 1. The third kappa shape index (κ3) is 12.2. The summed E-state index contributed by atoms with van der Waals surface area (Å²) in [5, 5.41) is 25.1. The highest BCUT2D eigenvalue weighted by Crippen LogP contribution is 2.62. The minimum absolute atomic E-state index is 0.00799. The minimum Gasteiger partial charge on any atom is -0.493 e. The summed E-state index contributed by atoms with van der Waals surface area (Å²) in [6.07, 6.45) is 17.1. The van der Waals surface area contributed by atoms with E-state index in [0.29, 0.717) is 44.1 Å². The van der Waals surface area contributed by atoms with E-state index in [1.165, 1.54) is 29.9 Å². The van der Waals surface area contributed by atoms with E-state index in [1.54, 1.807) is 30.0 Å². The number of carbonyl (C=O) groups excluding carboxylic acids is 1. The molecular formula is C55H71FN2O8S. The Bertz CT molecular complexity index is 2110.